The third-order valence-corrected chi connectivity index (χ3v) is 2.85. The number of hydrogen-bond donors (Lipinski definition) is 1. The zero-order valence-corrected chi connectivity index (χ0v) is 14.2. The van der Waals surface area contributed by atoms with Gasteiger partial charge in [-0.25, -0.2) is 9.18 Å². The summed E-state index contributed by atoms with van der Waals surface area (Å²) < 4.78 is 18.3. The largest absolute Gasteiger partial charge is 0.445 e. The molecular formula is C17H26FNO3. The maximum atomic E-state index is 13.4. The number of rotatable bonds is 4. The van der Waals surface area contributed by atoms with E-state index in [2.05, 4.69) is 5.32 Å². The molecule has 0 saturated heterocycles. The topological polar surface area (TPSA) is 55.4 Å². The molecule has 0 heterocycles. The fourth-order valence-electron chi connectivity index (χ4n) is 1.85. The maximum absolute atomic E-state index is 13.4. The quantitative estimate of drug-likeness (QED) is 0.911. The van der Waals surface area contributed by atoms with Crippen LogP contribution in [-0.2, 0) is 16.1 Å². The molecule has 1 aromatic carbocycles. The second kappa shape index (κ2) is 9.18. The Morgan fingerprint density at radius 2 is 1.77 bits per heavy atom. The van der Waals surface area contributed by atoms with Gasteiger partial charge in [0.25, 0.3) is 0 Å². The van der Waals surface area contributed by atoms with E-state index in [-0.39, 0.29) is 18.0 Å². The summed E-state index contributed by atoms with van der Waals surface area (Å²) in [4.78, 5) is 23.2. The minimum atomic E-state index is -0.733. The van der Waals surface area contributed by atoms with Crippen LogP contribution in [0.2, 0.25) is 0 Å². The summed E-state index contributed by atoms with van der Waals surface area (Å²) in [6.45, 7) is 10.8. The van der Waals surface area contributed by atoms with Crippen molar-refractivity contribution in [1.29, 1.82) is 0 Å². The molecule has 1 N–H and O–H groups in total. The number of benzene rings is 1. The van der Waals surface area contributed by atoms with Gasteiger partial charge in [-0.1, -0.05) is 52.8 Å². The van der Waals surface area contributed by atoms with Crippen molar-refractivity contribution in [3.63, 3.8) is 0 Å². The fourth-order valence-corrected chi connectivity index (χ4v) is 1.85. The lowest BCUT2D eigenvalue weighted by Crippen LogP contribution is -2.48. The molecule has 1 atom stereocenters. The number of carbonyl (C=O) groups is 2. The number of halogens is 1. The normalized spacial score (nSPS) is 11.8. The molecule has 1 unspecified atom stereocenters. The minimum absolute atomic E-state index is 0.152. The molecule has 22 heavy (non-hydrogen) atoms. The van der Waals surface area contributed by atoms with Crippen molar-refractivity contribution in [3.8, 4) is 0 Å². The Balaban J connectivity index is 0.00000211. The number of ether oxygens (including phenoxy) is 1. The van der Waals surface area contributed by atoms with Gasteiger partial charge in [-0.3, -0.25) is 4.79 Å². The zero-order chi connectivity index (χ0) is 17.3. The van der Waals surface area contributed by atoms with Crippen molar-refractivity contribution in [1.82, 2.24) is 5.32 Å². The van der Waals surface area contributed by atoms with Crippen LogP contribution >= 0.6 is 0 Å². The highest BCUT2D eigenvalue weighted by Crippen LogP contribution is 2.20. The Kier molecular flexibility index (Phi) is 8.38. The monoisotopic (exact) mass is 311 g/mol. The predicted molar refractivity (Wildman–Crippen MR) is 85.0 cm³/mol. The summed E-state index contributed by atoms with van der Waals surface area (Å²) in [7, 11) is 0. The Bertz CT molecular complexity index is 495. The summed E-state index contributed by atoms with van der Waals surface area (Å²) in [5, 5.41) is 2.51. The van der Waals surface area contributed by atoms with Crippen LogP contribution in [0, 0.1) is 11.2 Å². The third kappa shape index (κ3) is 6.70. The maximum Gasteiger partial charge on any atom is 0.408 e. The van der Waals surface area contributed by atoms with E-state index in [9.17, 15) is 14.0 Å². The molecule has 0 aromatic heterocycles. The fraction of sp³-hybridized carbons (Fsp3) is 0.529. The van der Waals surface area contributed by atoms with Crippen molar-refractivity contribution < 1.29 is 18.7 Å². The standard InChI is InChI=1S/C15H20FNO3.C2H6/c1-10(18)13(15(2,3)4)17-14(19)20-9-11-7-5-6-8-12(11)16;1-2/h5-8,13H,9H2,1-4H3,(H,17,19);1-2H3. The molecular weight excluding hydrogens is 285 g/mol. The first-order valence-electron chi connectivity index (χ1n) is 7.39. The number of Topliss-reactive ketones (excluding diaryl/α,β-unsaturated/α-hetero) is 1. The van der Waals surface area contributed by atoms with E-state index in [1.807, 2.05) is 34.6 Å². The highest BCUT2D eigenvalue weighted by Gasteiger charge is 2.30. The molecule has 1 amide bonds. The first-order chi connectivity index (χ1) is 10.2. The van der Waals surface area contributed by atoms with E-state index in [0.717, 1.165) is 0 Å². The summed E-state index contributed by atoms with van der Waals surface area (Å²) >= 11 is 0. The number of amides is 1. The molecule has 124 valence electrons. The predicted octanol–water partition coefficient (Wildman–Crippen LogP) is 4.08. The van der Waals surface area contributed by atoms with Gasteiger partial charge < -0.3 is 10.1 Å². The van der Waals surface area contributed by atoms with Gasteiger partial charge in [0, 0.05) is 5.56 Å². The Hall–Kier alpha value is -1.91. The first-order valence-corrected chi connectivity index (χ1v) is 7.39. The van der Waals surface area contributed by atoms with E-state index in [1.54, 1.807) is 12.1 Å². The molecule has 0 saturated carbocycles. The van der Waals surface area contributed by atoms with Crippen molar-refractivity contribution in [3.05, 3.63) is 35.6 Å². The average Bonchev–Trinajstić information content (AvgIpc) is 2.44. The smallest absolute Gasteiger partial charge is 0.408 e. The van der Waals surface area contributed by atoms with Gasteiger partial charge in [-0.2, -0.15) is 0 Å². The van der Waals surface area contributed by atoms with Crippen molar-refractivity contribution in [2.75, 3.05) is 0 Å². The Labute approximate surface area is 132 Å². The van der Waals surface area contributed by atoms with Gasteiger partial charge in [0.1, 0.15) is 12.4 Å². The van der Waals surface area contributed by atoms with Gasteiger partial charge in [0.05, 0.1) is 6.04 Å². The van der Waals surface area contributed by atoms with Crippen LogP contribution in [0.3, 0.4) is 0 Å². The van der Waals surface area contributed by atoms with Crippen LogP contribution in [0.1, 0.15) is 47.1 Å². The lowest BCUT2D eigenvalue weighted by atomic mass is 9.85. The van der Waals surface area contributed by atoms with Crippen LogP contribution in [-0.4, -0.2) is 17.9 Å². The van der Waals surface area contributed by atoms with E-state index in [1.165, 1.54) is 19.1 Å². The minimum Gasteiger partial charge on any atom is -0.445 e. The molecule has 5 heteroatoms. The number of carbonyl (C=O) groups excluding carboxylic acids is 2. The Morgan fingerprint density at radius 3 is 2.23 bits per heavy atom. The molecule has 1 rings (SSSR count). The number of ketones is 1. The summed E-state index contributed by atoms with van der Waals surface area (Å²) in [5.74, 6) is -0.584. The summed E-state index contributed by atoms with van der Waals surface area (Å²) in [6.07, 6.45) is -0.733. The van der Waals surface area contributed by atoms with Gasteiger partial charge >= 0.3 is 6.09 Å². The number of hydrogen-bond acceptors (Lipinski definition) is 3. The summed E-state index contributed by atoms with van der Waals surface area (Å²) in [5.41, 5.74) is -0.124. The molecule has 0 aliphatic carbocycles. The molecule has 1 aromatic rings. The van der Waals surface area contributed by atoms with Crippen LogP contribution < -0.4 is 5.32 Å². The van der Waals surface area contributed by atoms with Gasteiger partial charge in [-0.15, -0.1) is 0 Å². The molecule has 4 nitrogen and oxygen atoms in total. The van der Waals surface area contributed by atoms with Crippen molar-refractivity contribution in [2.24, 2.45) is 5.41 Å². The van der Waals surface area contributed by atoms with Crippen LogP contribution in [0.4, 0.5) is 9.18 Å². The molecule has 0 bridgehead atoms. The SMILES string of the molecule is CC.CC(=O)C(NC(=O)OCc1ccccc1F)C(C)(C)C. The molecule has 0 radical (unpaired) electrons. The summed E-state index contributed by atoms with van der Waals surface area (Å²) in [6, 6.07) is 5.41. The van der Waals surface area contributed by atoms with Crippen molar-refractivity contribution >= 4 is 11.9 Å². The van der Waals surface area contributed by atoms with Crippen molar-refractivity contribution in [2.45, 2.75) is 54.2 Å². The molecule has 0 aliphatic heterocycles. The van der Waals surface area contributed by atoms with Crippen LogP contribution in [0.5, 0.6) is 0 Å². The van der Waals surface area contributed by atoms with E-state index >= 15 is 0 Å². The number of nitrogens with one attached hydrogen (secondary N) is 1. The Morgan fingerprint density at radius 1 is 1.23 bits per heavy atom. The molecule has 0 aliphatic rings. The van der Waals surface area contributed by atoms with Gasteiger partial charge in [-0.05, 0) is 18.4 Å². The second-order valence-corrected chi connectivity index (χ2v) is 5.72. The van der Waals surface area contributed by atoms with Gasteiger partial charge in [0.15, 0.2) is 5.78 Å². The second-order valence-electron chi connectivity index (χ2n) is 5.72. The molecule has 0 fully saturated rings. The highest BCUT2D eigenvalue weighted by molar-refractivity contribution is 5.86. The highest BCUT2D eigenvalue weighted by atomic mass is 19.1. The average molecular weight is 311 g/mol. The van der Waals surface area contributed by atoms with Crippen LogP contribution in [0.25, 0.3) is 0 Å². The third-order valence-electron chi connectivity index (χ3n) is 2.85. The lowest BCUT2D eigenvalue weighted by molar-refractivity contribution is -0.121. The first kappa shape index (κ1) is 20.1. The van der Waals surface area contributed by atoms with Gasteiger partial charge in [0.2, 0.25) is 0 Å². The lowest BCUT2D eigenvalue weighted by Gasteiger charge is -2.28. The number of alkyl carbamates (subject to hydrolysis) is 1. The molecule has 0 spiro atoms. The van der Waals surface area contributed by atoms with E-state index < -0.39 is 23.4 Å². The van der Waals surface area contributed by atoms with E-state index in [0.29, 0.717) is 0 Å². The van der Waals surface area contributed by atoms with Crippen LogP contribution in [0.15, 0.2) is 24.3 Å². The van der Waals surface area contributed by atoms with E-state index in [4.69, 9.17) is 4.74 Å². The zero-order valence-electron chi connectivity index (χ0n) is 14.2.